The number of hydrogen-bond acceptors (Lipinski definition) is 6. The number of carbonyl (C=O) groups excluding carboxylic acids is 1. The molecule has 1 aliphatic heterocycles. The molecule has 2 aromatic heterocycles. The van der Waals surface area contributed by atoms with E-state index in [0.717, 1.165) is 25.2 Å². The first-order valence-corrected chi connectivity index (χ1v) is 7.90. The molecule has 0 bridgehead atoms. The molecule has 3 rings (SSSR count). The number of hydrogen-bond donors (Lipinski definition) is 0. The highest BCUT2D eigenvalue weighted by Gasteiger charge is 2.28. The van der Waals surface area contributed by atoms with E-state index in [1.165, 1.54) is 6.33 Å². The van der Waals surface area contributed by atoms with Crippen molar-refractivity contribution in [3.8, 4) is 5.88 Å². The number of ketones is 1. The van der Waals surface area contributed by atoms with Crippen LogP contribution in [-0.2, 0) is 7.05 Å². The third kappa shape index (κ3) is 3.49. The van der Waals surface area contributed by atoms with Gasteiger partial charge in [0.2, 0.25) is 5.88 Å². The lowest BCUT2D eigenvalue weighted by Gasteiger charge is -2.25. The quantitative estimate of drug-likeness (QED) is 0.758. The SMILES string of the molecule is CCOc1cc(N2CCC[C@@H]2CC(=O)c2cnn(C)c2)ncn1. The Balaban J connectivity index is 1.72. The smallest absolute Gasteiger partial charge is 0.218 e. The highest BCUT2D eigenvalue weighted by Crippen LogP contribution is 2.28. The zero-order chi connectivity index (χ0) is 16.2. The standard InChI is InChI=1S/C16H21N5O2/c1-3-23-16-8-15(17-11-18-16)21-6-4-5-13(21)7-14(22)12-9-19-20(2)10-12/h8-11,13H,3-7H2,1-2H3/t13-/m1/s1. The second-order valence-corrected chi connectivity index (χ2v) is 5.67. The summed E-state index contributed by atoms with van der Waals surface area (Å²) in [6, 6.07) is 2.00. The van der Waals surface area contributed by atoms with E-state index in [1.807, 2.05) is 20.0 Å². The van der Waals surface area contributed by atoms with Crippen LogP contribution in [0.4, 0.5) is 5.82 Å². The van der Waals surface area contributed by atoms with Crippen LogP contribution >= 0.6 is 0 Å². The molecule has 7 nitrogen and oxygen atoms in total. The molecule has 0 radical (unpaired) electrons. The summed E-state index contributed by atoms with van der Waals surface area (Å²) >= 11 is 0. The third-order valence-electron chi connectivity index (χ3n) is 4.04. The highest BCUT2D eigenvalue weighted by atomic mass is 16.5. The second kappa shape index (κ2) is 6.76. The Bertz CT molecular complexity index is 685. The number of nitrogens with zero attached hydrogens (tertiary/aromatic N) is 5. The normalized spacial score (nSPS) is 17.5. The van der Waals surface area contributed by atoms with Crippen molar-refractivity contribution < 1.29 is 9.53 Å². The lowest BCUT2D eigenvalue weighted by Crippen LogP contribution is -2.32. The predicted molar refractivity (Wildman–Crippen MR) is 85.7 cm³/mol. The fraction of sp³-hybridized carbons (Fsp3) is 0.500. The van der Waals surface area contributed by atoms with Crippen molar-refractivity contribution in [3.05, 3.63) is 30.4 Å². The molecular weight excluding hydrogens is 294 g/mol. The summed E-state index contributed by atoms with van der Waals surface area (Å²) < 4.78 is 7.09. The molecule has 3 heterocycles. The number of rotatable bonds is 6. The highest BCUT2D eigenvalue weighted by molar-refractivity contribution is 5.96. The minimum absolute atomic E-state index is 0.120. The van der Waals surface area contributed by atoms with Crippen LogP contribution in [0.15, 0.2) is 24.8 Å². The molecule has 1 atom stereocenters. The van der Waals surface area contributed by atoms with Crippen molar-refractivity contribution in [3.63, 3.8) is 0 Å². The van der Waals surface area contributed by atoms with Crippen LogP contribution < -0.4 is 9.64 Å². The van der Waals surface area contributed by atoms with E-state index in [0.29, 0.717) is 24.5 Å². The van der Waals surface area contributed by atoms with Gasteiger partial charge in [-0.05, 0) is 19.8 Å². The minimum atomic E-state index is 0.120. The summed E-state index contributed by atoms with van der Waals surface area (Å²) in [6.07, 6.45) is 7.41. The van der Waals surface area contributed by atoms with E-state index in [2.05, 4.69) is 20.0 Å². The molecule has 0 amide bonds. The van der Waals surface area contributed by atoms with Gasteiger partial charge in [-0.25, -0.2) is 9.97 Å². The van der Waals surface area contributed by atoms with E-state index in [4.69, 9.17) is 4.74 Å². The van der Waals surface area contributed by atoms with Crippen LogP contribution in [0.3, 0.4) is 0 Å². The van der Waals surface area contributed by atoms with Gasteiger partial charge in [0, 0.05) is 38.3 Å². The summed E-state index contributed by atoms with van der Waals surface area (Å²) in [5.74, 6) is 1.51. The van der Waals surface area contributed by atoms with Crippen molar-refractivity contribution >= 4 is 11.6 Å². The largest absolute Gasteiger partial charge is 0.478 e. The molecule has 2 aromatic rings. The Morgan fingerprint density at radius 2 is 2.30 bits per heavy atom. The van der Waals surface area contributed by atoms with Crippen molar-refractivity contribution in [2.75, 3.05) is 18.1 Å². The number of ether oxygens (including phenoxy) is 1. The number of aryl methyl sites for hydroxylation is 1. The molecule has 0 N–H and O–H groups in total. The molecule has 1 fully saturated rings. The number of carbonyl (C=O) groups is 1. The van der Waals surface area contributed by atoms with Gasteiger partial charge in [0.25, 0.3) is 0 Å². The summed E-state index contributed by atoms with van der Waals surface area (Å²) in [5.41, 5.74) is 0.664. The number of aromatic nitrogens is 4. The van der Waals surface area contributed by atoms with Crippen LogP contribution in [0.5, 0.6) is 5.88 Å². The zero-order valence-electron chi connectivity index (χ0n) is 13.5. The van der Waals surface area contributed by atoms with Crippen molar-refractivity contribution in [2.45, 2.75) is 32.2 Å². The monoisotopic (exact) mass is 315 g/mol. The minimum Gasteiger partial charge on any atom is -0.478 e. The number of Topliss-reactive ketones (excluding diaryl/α,β-unsaturated/α-hetero) is 1. The zero-order valence-corrected chi connectivity index (χ0v) is 13.5. The third-order valence-corrected chi connectivity index (χ3v) is 4.04. The average Bonchev–Trinajstić information content (AvgIpc) is 3.17. The van der Waals surface area contributed by atoms with Gasteiger partial charge in [-0.15, -0.1) is 0 Å². The van der Waals surface area contributed by atoms with E-state index < -0.39 is 0 Å². The first-order valence-electron chi connectivity index (χ1n) is 7.90. The van der Waals surface area contributed by atoms with Crippen LogP contribution in [-0.4, -0.2) is 44.7 Å². The van der Waals surface area contributed by atoms with Gasteiger partial charge < -0.3 is 9.64 Å². The van der Waals surface area contributed by atoms with Gasteiger partial charge in [0.1, 0.15) is 12.1 Å². The maximum atomic E-state index is 12.4. The fourth-order valence-corrected chi connectivity index (χ4v) is 2.96. The first kappa shape index (κ1) is 15.5. The molecular formula is C16H21N5O2. The first-order chi connectivity index (χ1) is 11.2. The van der Waals surface area contributed by atoms with Crippen LogP contribution in [0.1, 0.15) is 36.5 Å². The Kier molecular flexibility index (Phi) is 4.55. The topological polar surface area (TPSA) is 73.1 Å². The van der Waals surface area contributed by atoms with Crippen LogP contribution in [0, 0.1) is 0 Å². The molecule has 7 heteroatoms. The molecule has 0 unspecified atom stereocenters. The van der Waals surface area contributed by atoms with Crippen LogP contribution in [0.2, 0.25) is 0 Å². The molecule has 0 saturated carbocycles. The molecule has 0 aliphatic carbocycles. The van der Waals surface area contributed by atoms with E-state index >= 15 is 0 Å². The second-order valence-electron chi connectivity index (χ2n) is 5.67. The predicted octanol–water partition coefficient (Wildman–Crippen LogP) is 1.85. The van der Waals surface area contributed by atoms with Gasteiger partial charge in [-0.3, -0.25) is 9.48 Å². The van der Waals surface area contributed by atoms with Gasteiger partial charge in [0.05, 0.1) is 18.4 Å². The lowest BCUT2D eigenvalue weighted by atomic mass is 10.0. The van der Waals surface area contributed by atoms with Gasteiger partial charge in [-0.1, -0.05) is 0 Å². The maximum absolute atomic E-state index is 12.4. The van der Waals surface area contributed by atoms with Gasteiger partial charge >= 0.3 is 0 Å². The van der Waals surface area contributed by atoms with Crippen LogP contribution in [0.25, 0.3) is 0 Å². The number of anilines is 1. The molecule has 23 heavy (non-hydrogen) atoms. The lowest BCUT2D eigenvalue weighted by molar-refractivity contribution is 0.0974. The molecule has 0 spiro atoms. The van der Waals surface area contributed by atoms with Crippen molar-refractivity contribution in [2.24, 2.45) is 7.05 Å². The van der Waals surface area contributed by atoms with Gasteiger partial charge in [0.15, 0.2) is 5.78 Å². The molecule has 0 aromatic carbocycles. The Labute approximate surface area is 135 Å². The molecule has 1 aliphatic rings. The average molecular weight is 315 g/mol. The Morgan fingerprint density at radius 1 is 1.43 bits per heavy atom. The van der Waals surface area contributed by atoms with E-state index in [1.54, 1.807) is 17.1 Å². The summed E-state index contributed by atoms with van der Waals surface area (Å²) in [7, 11) is 1.81. The van der Waals surface area contributed by atoms with Gasteiger partial charge in [-0.2, -0.15) is 5.10 Å². The Hall–Kier alpha value is -2.44. The summed E-state index contributed by atoms with van der Waals surface area (Å²) in [6.45, 7) is 3.39. The molecule has 1 saturated heterocycles. The maximum Gasteiger partial charge on any atom is 0.218 e. The van der Waals surface area contributed by atoms with E-state index in [9.17, 15) is 4.79 Å². The summed E-state index contributed by atoms with van der Waals surface area (Å²) in [4.78, 5) is 23.0. The molecule has 122 valence electrons. The van der Waals surface area contributed by atoms with Crippen molar-refractivity contribution in [1.82, 2.24) is 19.7 Å². The van der Waals surface area contributed by atoms with E-state index in [-0.39, 0.29) is 11.8 Å². The Morgan fingerprint density at radius 3 is 3.04 bits per heavy atom. The summed E-state index contributed by atoms with van der Waals surface area (Å²) in [5, 5.41) is 4.07. The fourth-order valence-electron chi connectivity index (χ4n) is 2.96. The van der Waals surface area contributed by atoms with Crippen molar-refractivity contribution in [1.29, 1.82) is 0 Å².